The molecule has 0 saturated carbocycles. The van der Waals surface area contributed by atoms with Crippen LogP contribution in [0.2, 0.25) is 0 Å². The summed E-state index contributed by atoms with van der Waals surface area (Å²) in [5.41, 5.74) is -1.30. The van der Waals surface area contributed by atoms with Crippen LogP contribution in [0.25, 0.3) is 0 Å². The summed E-state index contributed by atoms with van der Waals surface area (Å²) in [6.45, 7) is 0. The van der Waals surface area contributed by atoms with Gasteiger partial charge in [-0.3, -0.25) is 0 Å². The number of carboxylic acid groups (broad SMARTS) is 4. The number of rotatable bonds is 6. The lowest BCUT2D eigenvalue weighted by atomic mass is 10.1. The Labute approximate surface area is 139 Å². The third-order valence-corrected chi connectivity index (χ3v) is 3.25. The zero-order chi connectivity index (χ0) is 18.7. The fourth-order valence-corrected chi connectivity index (χ4v) is 2.14. The third kappa shape index (κ3) is 3.72. The maximum Gasteiger partial charge on any atom is 0.336 e. The highest BCUT2D eigenvalue weighted by Crippen LogP contribution is 2.23. The quantitative estimate of drug-likeness (QED) is 0.528. The number of benzene rings is 2. The Bertz CT molecular complexity index is 830. The number of hydrogen-bond acceptors (Lipinski definition) is 5. The molecular formula is C16H11NO8. The second-order valence-corrected chi connectivity index (χ2v) is 4.87. The molecule has 25 heavy (non-hydrogen) atoms. The normalized spacial score (nSPS) is 10.1. The van der Waals surface area contributed by atoms with Crippen LogP contribution < -0.4 is 5.32 Å². The van der Waals surface area contributed by atoms with Gasteiger partial charge in [-0.1, -0.05) is 0 Å². The Morgan fingerprint density at radius 3 is 1.16 bits per heavy atom. The van der Waals surface area contributed by atoms with E-state index in [4.69, 9.17) is 20.4 Å². The zero-order valence-corrected chi connectivity index (χ0v) is 12.4. The van der Waals surface area contributed by atoms with Crippen molar-refractivity contribution in [3.8, 4) is 0 Å². The second kappa shape index (κ2) is 6.71. The first-order valence-electron chi connectivity index (χ1n) is 6.69. The maximum absolute atomic E-state index is 11.2. The molecule has 128 valence electrons. The lowest BCUT2D eigenvalue weighted by Gasteiger charge is -2.11. The molecule has 0 fully saturated rings. The van der Waals surface area contributed by atoms with E-state index >= 15 is 0 Å². The molecule has 0 amide bonds. The number of carbonyl (C=O) groups is 4. The minimum atomic E-state index is -1.44. The molecule has 2 rings (SSSR count). The van der Waals surface area contributed by atoms with Gasteiger partial charge in [0.1, 0.15) is 0 Å². The van der Waals surface area contributed by atoms with Crippen LogP contribution in [0.3, 0.4) is 0 Å². The highest BCUT2D eigenvalue weighted by atomic mass is 16.4. The van der Waals surface area contributed by atoms with Crippen molar-refractivity contribution in [3.05, 3.63) is 58.7 Å². The number of aromatic carboxylic acids is 4. The van der Waals surface area contributed by atoms with Gasteiger partial charge in [-0.15, -0.1) is 0 Å². The Kier molecular flexibility index (Phi) is 4.69. The van der Waals surface area contributed by atoms with Crippen LogP contribution in [0.15, 0.2) is 36.4 Å². The molecule has 0 unspecified atom stereocenters. The second-order valence-electron chi connectivity index (χ2n) is 4.87. The van der Waals surface area contributed by atoms with Gasteiger partial charge in [-0.2, -0.15) is 0 Å². The van der Waals surface area contributed by atoms with Gasteiger partial charge < -0.3 is 25.7 Å². The van der Waals surface area contributed by atoms with Gasteiger partial charge in [0.05, 0.1) is 22.3 Å². The van der Waals surface area contributed by atoms with Crippen LogP contribution in [0, 0.1) is 0 Å². The topological polar surface area (TPSA) is 161 Å². The number of carboxylic acids is 4. The third-order valence-electron chi connectivity index (χ3n) is 3.25. The molecule has 0 bridgehead atoms. The van der Waals surface area contributed by atoms with E-state index < -0.39 is 46.1 Å². The van der Waals surface area contributed by atoms with Crippen LogP contribution in [0.1, 0.15) is 41.4 Å². The summed E-state index contributed by atoms with van der Waals surface area (Å²) in [6, 6.07) is 6.97. The van der Waals surface area contributed by atoms with Crippen molar-refractivity contribution in [1.82, 2.24) is 0 Å². The van der Waals surface area contributed by atoms with Crippen molar-refractivity contribution >= 4 is 35.3 Å². The van der Waals surface area contributed by atoms with E-state index in [0.29, 0.717) is 0 Å². The van der Waals surface area contributed by atoms with Crippen molar-refractivity contribution in [2.75, 3.05) is 5.32 Å². The highest BCUT2D eigenvalue weighted by Gasteiger charge is 2.18. The van der Waals surface area contributed by atoms with Gasteiger partial charge in [0, 0.05) is 11.4 Å². The molecule has 0 aliphatic rings. The molecular weight excluding hydrogens is 334 g/mol. The van der Waals surface area contributed by atoms with Crippen molar-refractivity contribution < 1.29 is 39.6 Å². The summed E-state index contributed by atoms with van der Waals surface area (Å²) >= 11 is 0. The maximum atomic E-state index is 11.2. The van der Waals surface area contributed by atoms with Gasteiger partial charge in [-0.25, -0.2) is 19.2 Å². The van der Waals surface area contributed by atoms with Crippen LogP contribution in [-0.2, 0) is 0 Å². The molecule has 0 saturated heterocycles. The largest absolute Gasteiger partial charge is 0.478 e. The summed E-state index contributed by atoms with van der Waals surface area (Å²) in [5, 5.41) is 38.8. The summed E-state index contributed by atoms with van der Waals surface area (Å²) in [7, 11) is 0. The monoisotopic (exact) mass is 345 g/mol. The number of nitrogens with one attached hydrogen (secondary N) is 1. The van der Waals surface area contributed by atoms with Crippen LogP contribution in [0.4, 0.5) is 11.4 Å². The molecule has 0 aliphatic carbocycles. The van der Waals surface area contributed by atoms with E-state index in [1.165, 1.54) is 12.1 Å². The van der Waals surface area contributed by atoms with Gasteiger partial charge in [0.15, 0.2) is 0 Å². The molecule has 9 heteroatoms. The van der Waals surface area contributed by atoms with Crippen LogP contribution >= 0.6 is 0 Å². The summed E-state index contributed by atoms with van der Waals surface area (Å²) < 4.78 is 0. The molecule has 2 aromatic carbocycles. The zero-order valence-electron chi connectivity index (χ0n) is 12.4. The lowest BCUT2D eigenvalue weighted by molar-refractivity contribution is 0.0651. The Balaban J connectivity index is 2.43. The van der Waals surface area contributed by atoms with Crippen molar-refractivity contribution in [3.63, 3.8) is 0 Å². The molecule has 0 heterocycles. The fraction of sp³-hybridized carbons (Fsp3) is 0. The summed E-state index contributed by atoms with van der Waals surface area (Å²) in [5.74, 6) is -5.67. The van der Waals surface area contributed by atoms with E-state index in [1.807, 2.05) is 0 Å². The lowest BCUT2D eigenvalue weighted by Crippen LogP contribution is -2.10. The summed E-state index contributed by atoms with van der Waals surface area (Å²) in [4.78, 5) is 44.3. The first kappa shape index (κ1) is 17.5. The minimum absolute atomic E-state index is 0.196. The van der Waals surface area contributed by atoms with Crippen LogP contribution in [0.5, 0.6) is 0 Å². The Morgan fingerprint density at radius 1 is 0.560 bits per heavy atom. The van der Waals surface area contributed by atoms with Gasteiger partial charge >= 0.3 is 23.9 Å². The van der Waals surface area contributed by atoms with Crippen molar-refractivity contribution in [2.45, 2.75) is 0 Å². The minimum Gasteiger partial charge on any atom is -0.478 e. The van der Waals surface area contributed by atoms with E-state index in [-0.39, 0.29) is 11.4 Å². The Morgan fingerprint density at radius 2 is 0.880 bits per heavy atom. The predicted molar refractivity (Wildman–Crippen MR) is 84.0 cm³/mol. The first-order chi connectivity index (χ1) is 11.7. The number of hydrogen-bond donors (Lipinski definition) is 5. The van der Waals surface area contributed by atoms with Gasteiger partial charge in [-0.05, 0) is 36.4 Å². The van der Waals surface area contributed by atoms with Crippen molar-refractivity contribution in [2.24, 2.45) is 0 Å². The Hall–Kier alpha value is -3.88. The van der Waals surface area contributed by atoms with E-state index in [0.717, 1.165) is 24.3 Å². The van der Waals surface area contributed by atoms with Gasteiger partial charge in [0.2, 0.25) is 0 Å². The molecule has 2 aromatic rings. The summed E-state index contributed by atoms with van der Waals surface area (Å²) in [6.07, 6.45) is 0. The molecule has 0 atom stereocenters. The van der Waals surface area contributed by atoms with Crippen molar-refractivity contribution in [1.29, 1.82) is 0 Å². The SMILES string of the molecule is O=C(O)c1ccc(Nc2ccc(C(=O)O)c(C(=O)O)c2)cc1C(=O)O. The van der Waals surface area contributed by atoms with E-state index in [9.17, 15) is 19.2 Å². The highest BCUT2D eigenvalue weighted by molar-refractivity contribution is 6.03. The smallest absolute Gasteiger partial charge is 0.336 e. The first-order valence-corrected chi connectivity index (χ1v) is 6.69. The fourth-order valence-electron chi connectivity index (χ4n) is 2.14. The number of anilines is 2. The predicted octanol–water partition coefficient (Wildman–Crippen LogP) is 2.22. The molecule has 0 aliphatic heterocycles. The molecule has 0 radical (unpaired) electrons. The van der Waals surface area contributed by atoms with E-state index in [1.54, 1.807) is 0 Å². The molecule has 0 aromatic heterocycles. The van der Waals surface area contributed by atoms with E-state index in [2.05, 4.69) is 5.32 Å². The average Bonchev–Trinajstić information content (AvgIpc) is 2.54. The van der Waals surface area contributed by atoms with Gasteiger partial charge in [0.25, 0.3) is 0 Å². The standard InChI is InChI=1S/C16H11NO8/c18-13(19)9-3-1-7(5-11(9)15(22)23)17-8-2-4-10(14(20)21)12(6-8)16(24)25/h1-6,17H,(H,18,19)(H,20,21)(H,22,23)(H,24,25). The average molecular weight is 345 g/mol. The van der Waals surface area contributed by atoms with Crippen LogP contribution in [-0.4, -0.2) is 44.3 Å². The molecule has 0 spiro atoms. The molecule has 5 N–H and O–H groups in total. The molecule has 9 nitrogen and oxygen atoms in total.